The van der Waals surface area contributed by atoms with Crippen molar-refractivity contribution in [1.82, 2.24) is 0 Å². The van der Waals surface area contributed by atoms with Gasteiger partial charge in [0.05, 0.1) is 0 Å². The van der Waals surface area contributed by atoms with E-state index in [9.17, 15) is 0 Å². The first-order valence-electron chi connectivity index (χ1n) is 1.65. The molecule has 0 aliphatic carbocycles. The molecule has 0 aliphatic rings. The Morgan fingerprint density at radius 1 is 1.43 bits per heavy atom. The summed E-state index contributed by atoms with van der Waals surface area (Å²) >= 11 is 0. The molecule has 0 rings (SSSR count). The van der Waals surface area contributed by atoms with Gasteiger partial charge in [0.15, 0.2) is 0 Å². The highest BCUT2D eigenvalue weighted by Gasteiger charge is 1.47. The van der Waals surface area contributed by atoms with Crippen molar-refractivity contribution >= 4 is 6.72 Å². The molecule has 7 heavy (non-hydrogen) atoms. The third-order valence-corrected chi connectivity index (χ3v) is 0.328. The molecule has 0 radical (unpaired) electrons. The summed E-state index contributed by atoms with van der Waals surface area (Å²) in [5, 5.41) is 0. The van der Waals surface area contributed by atoms with E-state index in [0.29, 0.717) is 0 Å². The quantitative estimate of drug-likeness (QED) is 0.369. The first-order chi connectivity index (χ1) is 2.91. The number of rotatable bonds is 2. The van der Waals surface area contributed by atoms with Gasteiger partial charge in [-0.25, -0.2) is 0 Å². The molecule has 0 aromatic heterocycles. The SMILES string of the molecule is C.C=C/C=C\N=C. The lowest BCUT2D eigenvalue weighted by molar-refractivity contribution is 1.62. The number of aliphatic imine (C=N–C) groups is 1. The second kappa shape index (κ2) is 8.94. The Kier molecular flexibility index (Phi) is 12.1. The van der Waals surface area contributed by atoms with Gasteiger partial charge >= 0.3 is 0 Å². The number of hydrogen-bond acceptors (Lipinski definition) is 1. The van der Waals surface area contributed by atoms with Gasteiger partial charge in [-0.1, -0.05) is 20.1 Å². The molecule has 0 atom stereocenters. The Morgan fingerprint density at radius 3 is 2.14 bits per heavy atom. The van der Waals surface area contributed by atoms with E-state index in [1.165, 1.54) is 0 Å². The maximum absolute atomic E-state index is 3.42. The fourth-order valence-corrected chi connectivity index (χ4v) is 0.122. The largest absolute Gasteiger partial charge is 0.273 e. The van der Waals surface area contributed by atoms with E-state index in [4.69, 9.17) is 0 Å². The zero-order valence-electron chi connectivity index (χ0n) is 3.59. The highest BCUT2D eigenvalue weighted by atomic mass is 14.6. The summed E-state index contributed by atoms with van der Waals surface area (Å²) in [6, 6.07) is 0. The van der Waals surface area contributed by atoms with Gasteiger partial charge in [-0.3, -0.25) is 4.99 Å². The Morgan fingerprint density at radius 2 is 2.00 bits per heavy atom. The van der Waals surface area contributed by atoms with E-state index in [2.05, 4.69) is 18.3 Å². The normalized spacial score (nSPS) is 7.43. The van der Waals surface area contributed by atoms with Crippen LogP contribution in [0.3, 0.4) is 0 Å². The van der Waals surface area contributed by atoms with Crippen LogP contribution >= 0.6 is 0 Å². The minimum atomic E-state index is 0. The molecule has 0 aromatic rings. The van der Waals surface area contributed by atoms with Gasteiger partial charge < -0.3 is 0 Å². The molecule has 0 fully saturated rings. The van der Waals surface area contributed by atoms with Crippen LogP contribution in [0.1, 0.15) is 7.43 Å². The van der Waals surface area contributed by atoms with Crippen LogP contribution in [0.5, 0.6) is 0 Å². The Hall–Kier alpha value is -0.850. The lowest BCUT2D eigenvalue weighted by atomic mass is 10.6. The molecule has 0 bridgehead atoms. The summed E-state index contributed by atoms with van der Waals surface area (Å²) in [6.07, 6.45) is 4.94. The summed E-state index contributed by atoms with van der Waals surface area (Å²) in [5.41, 5.74) is 0. The Labute approximate surface area is 45.1 Å². The zero-order chi connectivity index (χ0) is 4.83. The van der Waals surface area contributed by atoms with Crippen molar-refractivity contribution in [3.8, 4) is 0 Å². The van der Waals surface area contributed by atoms with Crippen molar-refractivity contribution in [2.45, 2.75) is 7.43 Å². The van der Waals surface area contributed by atoms with Crippen molar-refractivity contribution in [3.05, 3.63) is 24.9 Å². The predicted octanol–water partition coefficient (Wildman–Crippen LogP) is 2.02. The van der Waals surface area contributed by atoms with Crippen LogP contribution in [0, 0.1) is 0 Å². The predicted molar refractivity (Wildman–Crippen MR) is 35.6 cm³/mol. The minimum absolute atomic E-state index is 0. The third-order valence-electron chi connectivity index (χ3n) is 0.328. The van der Waals surface area contributed by atoms with Gasteiger partial charge in [-0.05, 0) is 12.8 Å². The molecule has 40 valence electrons. The smallest absolute Gasteiger partial charge is 0.0260 e. The number of allylic oxidation sites excluding steroid dienone is 2. The molecule has 0 N–H and O–H groups in total. The van der Waals surface area contributed by atoms with Crippen LogP contribution in [0.4, 0.5) is 0 Å². The fourth-order valence-electron chi connectivity index (χ4n) is 0.122. The van der Waals surface area contributed by atoms with Crippen LogP contribution in [0.15, 0.2) is 29.9 Å². The van der Waals surface area contributed by atoms with Gasteiger partial charge in [0.25, 0.3) is 0 Å². The zero-order valence-corrected chi connectivity index (χ0v) is 3.59. The van der Waals surface area contributed by atoms with Crippen LogP contribution in [-0.4, -0.2) is 6.72 Å². The number of hydrogen-bond donors (Lipinski definition) is 0. The molecule has 0 aliphatic heterocycles. The standard InChI is InChI=1S/C5H7N.CH4/c1-3-4-5-6-2;/h3-5H,1-2H2;1H4/b5-4-;. The van der Waals surface area contributed by atoms with Crippen molar-refractivity contribution in [1.29, 1.82) is 0 Å². The summed E-state index contributed by atoms with van der Waals surface area (Å²) in [4.78, 5) is 3.42. The molecule has 0 heterocycles. The molecule has 0 amide bonds. The van der Waals surface area contributed by atoms with Crippen molar-refractivity contribution in [2.24, 2.45) is 4.99 Å². The third kappa shape index (κ3) is 11.1. The first-order valence-corrected chi connectivity index (χ1v) is 1.65. The summed E-state index contributed by atoms with van der Waals surface area (Å²) < 4.78 is 0. The van der Waals surface area contributed by atoms with Crippen molar-refractivity contribution < 1.29 is 0 Å². The molecule has 0 saturated heterocycles. The highest BCUT2D eigenvalue weighted by molar-refractivity contribution is 5.25. The fraction of sp³-hybridized carbons (Fsp3) is 0.167. The topological polar surface area (TPSA) is 12.4 Å². The summed E-state index contributed by atoms with van der Waals surface area (Å²) in [6.45, 7) is 6.64. The number of nitrogens with zero attached hydrogens (tertiary/aromatic N) is 1. The molecule has 0 aromatic carbocycles. The molecule has 0 spiro atoms. The van der Waals surface area contributed by atoms with Gasteiger partial charge in [-0.2, -0.15) is 0 Å². The highest BCUT2D eigenvalue weighted by Crippen LogP contribution is 1.68. The van der Waals surface area contributed by atoms with E-state index in [-0.39, 0.29) is 7.43 Å². The molecule has 1 heteroatoms. The summed E-state index contributed by atoms with van der Waals surface area (Å²) in [5.74, 6) is 0. The van der Waals surface area contributed by atoms with E-state index in [1.807, 2.05) is 0 Å². The van der Waals surface area contributed by atoms with Crippen LogP contribution in [-0.2, 0) is 0 Å². The van der Waals surface area contributed by atoms with E-state index >= 15 is 0 Å². The summed E-state index contributed by atoms with van der Waals surface area (Å²) in [7, 11) is 0. The maximum Gasteiger partial charge on any atom is 0.0260 e. The Bertz CT molecular complexity index is 62.2. The average molecular weight is 97.2 g/mol. The van der Waals surface area contributed by atoms with Crippen molar-refractivity contribution in [3.63, 3.8) is 0 Å². The van der Waals surface area contributed by atoms with E-state index in [1.54, 1.807) is 18.4 Å². The minimum Gasteiger partial charge on any atom is -0.273 e. The van der Waals surface area contributed by atoms with Crippen LogP contribution < -0.4 is 0 Å². The first kappa shape index (κ1) is 9.47. The second-order valence-corrected chi connectivity index (χ2v) is 0.760. The Balaban J connectivity index is 0. The maximum atomic E-state index is 3.42. The monoisotopic (exact) mass is 97.1 g/mol. The average Bonchev–Trinajstić information content (AvgIpc) is 1.61. The molecule has 1 nitrogen and oxygen atoms in total. The van der Waals surface area contributed by atoms with E-state index < -0.39 is 0 Å². The van der Waals surface area contributed by atoms with Crippen molar-refractivity contribution in [2.75, 3.05) is 0 Å². The molecule has 0 saturated carbocycles. The van der Waals surface area contributed by atoms with E-state index in [0.717, 1.165) is 0 Å². The van der Waals surface area contributed by atoms with Gasteiger partial charge in [0.1, 0.15) is 0 Å². The molecule has 0 unspecified atom stereocenters. The lowest BCUT2D eigenvalue weighted by Gasteiger charge is -1.61. The van der Waals surface area contributed by atoms with Crippen LogP contribution in [0.25, 0.3) is 0 Å². The second-order valence-electron chi connectivity index (χ2n) is 0.760. The lowest BCUT2D eigenvalue weighted by Crippen LogP contribution is -1.40. The van der Waals surface area contributed by atoms with Gasteiger partial charge in [0, 0.05) is 6.20 Å². The molecular weight excluding hydrogens is 86.1 g/mol. The van der Waals surface area contributed by atoms with Crippen LogP contribution in [0.2, 0.25) is 0 Å². The van der Waals surface area contributed by atoms with Gasteiger partial charge in [0.2, 0.25) is 0 Å². The van der Waals surface area contributed by atoms with Gasteiger partial charge in [-0.15, -0.1) is 0 Å². The molecular formula is C6H11N.